The van der Waals surface area contributed by atoms with Crippen LogP contribution in [0.25, 0.3) is 0 Å². The second-order valence-electron chi connectivity index (χ2n) is 4.45. The van der Waals surface area contributed by atoms with E-state index in [-0.39, 0.29) is 24.9 Å². The number of nitrogens with one attached hydrogen (secondary N) is 1. The number of nitrogens with zero attached hydrogens (tertiary/aromatic N) is 1. The van der Waals surface area contributed by atoms with Gasteiger partial charge in [0.2, 0.25) is 0 Å². The highest BCUT2D eigenvalue weighted by atomic mass is 16.5. The Morgan fingerprint density at radius 3 is 2.42 bits per heavy atom. The van der Waals surface area contributed by atoms with E-state index in [2.05, 4.69) is 5.32 Å². The minimum atomic E-state index is -1.11. The fourth-order valence-electron chi connectivity index (χ4n) is 1.44. The van der Waals surface area contributed by atoms with E-state index in [1.54, 1.807) is 6.92 Å². The maximum atomic E-state index is 11.8. The maximum Gasteiger partial charge on any atom is 0.323 e. The first-order chi connectivity index (χ1) is 8.86. The number of carboxylic acids is 1. The minimum Gasteiger partial charge on any atom is -0.480 e. The van der Waals surface area contributed by atoms with Gasteiger partial charge >= 0.3 is 18.0 Å². The Bertz CT molecular complexity index is 317. The van der Waals surface area contributed by atoms with E-state index in [1.165, 1.54) is 4.90 Å². The number of rotatable bonds is 8. The Kier molecular flexibility index (Phi) is 8.32. The van der Waals surface area contributed by atoms with Crippen molar-refractivity contribution < 1.29 is 24.2 Å². The van der Waals surface area contributed by atoms with Gasteiger partial charge in [-0.2, -0.15) is 0 Å². The lowest BCUT2D eigenvalue weighted by atomic mass is 10.2. The molecule has 19 heavy (non-hydrogen) atoms. The predicted molar refractivity (Wildman–Crippen MR) is 68.7 cm³/mol. The number of aliphatic carboxylic acids is 1. The molecule has 0 bridgehead atoms. The van der Waals surface area contributed by atoms with Gasteiger partial charge in [-0.15, -0.1) is 0 Å². The number of esters is 1. The van der Waals surface area contributed by atoms with Crippen LogP contribution in [0, 0.1) is 5.92 Å². The molecule has 0 aromatic heterocycles. The van der Waals surface area contributed by atoms with Gasteiger partial charge in [-0.1, -0.05) is 13.8 Å². The van der Waals surface area contributed by atoms with Gasteiger partial charge < -0.3 is 20.1 Å². The third kappa shape index (κ3) is 8.87. The van der Waals surface area contributed by atoms with E-state index in [0.717, 1.165) is 0 Å². The number of carbonyl (C=O) groups is 3. The maximum absolute atomic E-state index is 11.8. The van der Waals surface area contributed by atoms with Crippen LogP contribution in [-0.2, 0) is 14.3 Å². The number of hydrogen-bond acceptors (Lipinski definition) is 4. The van der Waals surface area contributed by atoms with Crippen molar-refractivity contribution in [3.05, 3.63) is 0 Å². The topological polar surface area (TPSA) is 95.9 Å². The van der Waals surface area contributed by atoms with Gasteiger partial charge in [-0.05, 0) is 12.8 Å². The van der Waals surface area contributed by atoms with Gasteiger partial charge in [-0.25, -0.2) is 4.79 Å². The lowest BCUT2D eigenvalue weighted by Crippen LogP contribution is -2.44. The molecule has 0 unspecified atom stereocenters. The van der Waals surface area contributed by atoms with Crippen molar-refractivity contribution in [2.45, 2.75) is 27.2 Å². The molecule has 2 amide bonds. The van der Waals surface area contributed by atoms with Crippen LogP contribution in [0.3, 0.4) is 0 Å². The van der Waals surface area contributed by atoms with Crippen LogP contribution in [0.2, 0.25) is 0 Å². The lowest BCUT2D eigenvalue weighted by molar-refractivity contribution is -0.143. The molecule has 0 atom stereocenters. The molecule has 0 radical (unpaired) electrons. The summed E-state index contributed by atoms with van der Waals surface area (Å²) in [4.78, 5) is 34.8. The first kappa shape index (κ1) is 17.2. The fourth-order valence-corrected chi connectivity index (χ4v) is 1.44. The van der Waals surface area contributed by atoms with Crippen molar-refractivity contribution in [3.63, 3.8) is 0 Å². The summed E-state index contributed by atoms with van der Waals surface area (Å²) in [5.41, 5.74) is 0. The second-order valence-corrected chi connectivity index (χ2v) is 4.45. The molecule has 0 saturated carbocycles. The van der Waals surface area contributed by atoms with Gasteiger partial charge in [0.1, 0.15) is 6.54 Å². The largest absolute Gasteiger partial charge is 0.480 e. The smallest absolute Gasteiger partial charge is 0.323 e. The molecule has 2 N–H and O–H groups in total. The Morgan fingerprint density at radius 1 is 1.32 bits per heavy atom. The number of amides is 2. The molecule has 110 valence electrons. The average Bonchev–Trinajstić information content (AvgIpc) is 2.31. The average molecular weight is 274 g/mol. The second kappa shape index (κ2) is 9.18. The summed E-state index contributed by atoms with van der Waals surface area (Å²) in [5.74, 6) is -1.26. The fraction of sp³-hybridized carbons (Fsp3) is 0.750. The summed E-state index contributed by atoms with van der Waals surface area (Å²) in [6, 6.07) is -0.486. The Morgan fingerprint density at radius 2 is 1.95 bits per heavy atom. The van der Waals surface area contributed by atoms with Crippen LogP contribution in [0.1, 0.15) is 27.2 Å². The number of ether oxygens (including phenoxy) is 1. The van der Waals surface area contributed by atoms with E-state index in [4.69, 9.17) is 9.84 Å². The molecule has 0 aromatic carbocycles. The normalized spacial score (nSPS) is 10.1. The first-order valence-corrected chi connectivity index (χ1v) is 6.27. The molecule has 0 aliphatic carbocycles. The summed E-state index contributed by atoms with van der Waals surface area (Å²) < 4.78 is 4.78. The Balaban J connectivity index is 4.32. The third-order valence-corrected chi connectivity index (χ3v) is 2.15. The highest BCUT2D eigenvalue weighted by Crippen LogP contribution is 2.01. The molecule has 7 heteroatoms. The van der Waals surface area contributed by atoms with Gasteiger partial charge in [0.05, 0.1) is 13.0 Å². The minimum absolute atomic E-state index is 0.0983. The number of carbonyl (C=O) groups excluding carboxylic acids is 2. The standard InChI is InChI=1S/C12H22N2O5/c1-4-19-11(17)5-6-14(8-9(2)3)12(18)13-7-10(15)16/h9H,4-8H2,1-3H3,(H,13,18)(H,15,16). The van der Waals surface area contributed by atoms with Crippen LogP contribution in [0.15, 0.2) is 0 Å². The van der Waals surface area contributed by atoms with Crippen molar-refractivity contribution in [1.29, 1.82) is 0 Å². The van der Waals surface area contributed by atoms with Crippen molar-refractivity contribution in [1.82, 2.24) is 10.2 Å². The lowest BCUT2D eigenvalue weighted by Gasteiger charge is -2.24. The van der Waals surface area contributed by atoms with Crippen molar-refractivity contribution in [2.75, 3.05) is 26.2 Å². The van der Waals surface area contributed by atoms with Crippen LogP contribution in [-0.4, -0.2) is 54.2 Å². The predicted octanol–water partition coefficient (Wildman–Crippen LogP) is 0.692. The zero-order valence-electron chi connectivity index (χ0n) is 11.6. The molecule has 0 rings (SSSR count). The summed E-state index contributed by atoms with van der Waals surface area (Å²) >= 11 is 0. The molecular formula is C12H22N2O5. The highest BCUT2D eigenvalue weighted by Gasteiger charge is 2.17. The summed E-state index contributed by atoms with van der Waals surface area (Å²) in [7, 11) is 0. The van der Waals surface area contributed by atoms with Gasteiger partial charge in [0.25, 0.3) is 0 Å². The Labute approximate surface area is 112 Å². The SMILES string of the molecule is CCOC(=O)CCN(CC(C)C)C(=O)NCC(=O)O. The van der Waals surface area contributed by atoms with Gasteiger partial charge in [-0.3, -0.25) is 9.59 Å². The molecule has 0 aliphatic heterocycles. The van der Waals surface area contributed by atoms with Crippen LogP contribution in [0.4, 0.5) is 4.79 Å². The highest BCUT2D eigenvalue weighted by molar-refractivity contribution is 5.80. The molecule has 0 saturated heterocycles. The van der Waals surface area contributed by atoms with E-state index >= 15 is 0 Å². The van der Waals surface area contributed by atoms with E-state index in [9.17, 15) is 14.4 Å². The summed E-state index contributed by atoms with van der Waals surface area (Å²) in [6.07, 6.45) is 0.0983. The number of urea groups is 1. The number of carboxylic acid groups (broad SMARTS) is 1. The Hall–Kier alpha value is -1.79. The zero-order valence-corrected chi connectivity index (χ0v) is 11.6. The number of hydrogen-bond donors (Lipinski definition) is 2. The monoisotopic (exact) mass is 274 g/mol. The van der Waals surface area contributed by atoms with Crippen LogP contribution < -0.4 is 5.32 Å². The molecule has 0 fully saturated rings. The van der Waals surface area contributed by atoms with Crippen molar-refractivity contribution in [3.8, 4) is 0 Å². The molecule has 7 nitrogen and oxygen atoms in total. The van der Waals surface area contributed by atoms with Gasteiger partial charge in [0.15, 0.2) is 0 Å². The molecule has 0 aliphatic rings. The molecular weight excluding hydrogens is 252 g/mol. The van der Waals surface area contributed by atoms with Crippen molar-refractivity contribution >= 4 is 18.0 Å². The summed E-state index contributed by atoms with van der Waals surface area (Å²) in [6.45, 7) is 6.10. The quantitative estimate of drug-likeness (QED) is 0.635. The zero-order chi connectivity index (χ0) is 14.8. The van der Waals surface area contributed by atoms with E-state index in [1.807, 2.05) is 13.8 Å². The van der Waals surface area contributed by atoms with Gasteiger partial charge in [0, 0.05) is 13.1 Å². The summed E-state index contributed by atoms with van der Waals surface area (Å²) in [5, 5.41) is 10.8. The molecule has 0 spiro atoms. The molecule has 0 aromatic rings. The van der Waals surface area contributed by atoms with E-state index < -0.39 is 18.5 Å². The third-order valence-electron chi connectivity index (χ3n) is 2.15. The molecule has 0 heterocycles. The van der Waals surface area contributed by atoms with E-state index in [0.29, 0.717) is 13.2 Å². The first-order valence-electron chi connectivity index (χ1n) is 6.27. The van der Waals surface area contributed by atoms with Crippen LogP contribution >= 0.6 is 0 Å². The van der Waals surface area contributed by atoms with Crippen LogP contribution in [0.5, 0.6) is 0 Å². The van der Waals surface area contributed by atoms with Crippen molar-refractivity contribution in [2.24, 2.45) is 5.92 Å².